The first-order valence-corrected chi connectivity index (χ1v) is 7.56. The summed E-state index contributed by atoms with van der Waals surface area (Å²) in [5.74, 6) is -1.04. The van der Waals surface area contributed by atoms with Gasteiger partial charge in [-0.2, -0.15) is 0 Å². The summed E-state index contributed by atoms with van der Waals surface area (Å²) in [4.78, 5) is 35.3. The molecule has 0 aliphatic carbocycles. The first kappa shape index (κ1) is 17.4. The third-order valence-electron chi connectivity index (χ3n) is 3.50. The number of Topliss-reactive ketones (excluding diaryl/α,β-unsaturated/α-hetero) is 1. The molecule has 0 bridgehead atoms. The minimum absolute atomic E-state index is 0.0479. The van der Waals surface area contributed by atoms with Crippen LogP contribution in [0.15, 0.2) is 48.5 Å². The van der Waals surface area contributed by atoms with Crippen LogP contribution in [0.2, 0.25) is 0 Å². The Bertz CT molecular complexity index is 748. The normalized spacial score (nSPS) is 11.5. The van der Waals surface area contributed by atoms with Crippen LogP contribution >= 0.6 is 0 Å². The van der Waals surface area contributed by atoms with Gasteiger partial charge in [-0.05, 0) is 57.2 Å². The van der Waals surface area contributed by atoms with Crippen LogP contribution in [-0.4, -0.2) is 23.8 Å². The third kappa shape index (κ3) is 4.52. The number of carbonyl (C=O) groups excluding carboxylic acids is 3. The van der Waals surface area contributed by atoms with Gasteiger partial charge in [0, 0.05) is 11.3 Å². The summed E-state index contributed by atoms with van der Waals surface area (Å²) in [5, 5.41) is 2.65. The van der Waals surface area contributed by atoms with Crippen molar-refractivity contribution < 1.29 is 19.1 Å². The molecule has 2 aromatic rings. The van der Waals surface area contributed by atoms with Crippen molar-refractivity contribution in [2.75, 3.05) is 5.32 Å². The van der Waals surface area contributed by atoms with E-state index in [4.69, 9.17) is 4.74 Å². The summed E-state index contributed by atoms with van der Waals surface area (Å²) in [5.41, 5.74) is 2.52. The molecule has 0 unspecified atom stereocenters. The van der Waals surface area contributed by atoms with E-state index in [-0.39, 0.29) is 5.78 Å². The number of hydrogen-bond acceptors (Lipinski definition) is 4. The zero-order valence-electron chi connectivity index (χ0n) is 13.8. The van der Waals surface area contributed by atoms with Crippen molar-refractivity contribution in [3.63, 3.8) is 0 Å². The highest BCUT2D eigenvalue weighted by Gasteiger charge is 2.19. The molecule has 1 amide bonds. The second-order valence-electron chi connectivity index (χ2n) is 5.54. The van der Waals surface area contributed by atoms with Crippen molar-refractivity contribution in [3.05, 3.63) is 65.2 Å². The Labute approximate surface area is 140 Å². The second-order valence-corrected chi connectivity index (χ2v) is 5.54. The number of carbonyl (C=O) groups is 3. The van der Waals surface area contributed by atoms with E-state index >= 15 is 0 Å². The van der Waals surface area contributed by atoms with Crippen LogP contribution < -0.4 is 5.32 Å². The van der Waals surface area contributed by atoms with Gasteiger partial charge in [-0.25, -0.2) is 4.79 Å². The maximum atomic E-state index is 12.1. The van der Waals surface area contributed by atoms with Crippen LogP contribution in [0.5, 0.6) is 0 Å². The quantitative estimate of drug-likeness (QED) is 0.675. The lowest BCUT2D eigenvalue weighted by Gasteiger charge is -2.14. The Morgan fingerprint density at radius 1 is 0.917 bits per heavy atom. The van der Waals surface area contributed by atoms with E-state index in [0.717, 1.165) is 5.56 Å². The Morgan fingerprint density at radius 2 is 1.46 bits per heavy atom. The molecular formula is C19H19NO4. The highest BCUT2D eigenvalue weighted by molar-refractivity contribution is 5.98. The molecule has 0 saturated heterocycles. The number of rotatable bonds is 5. The molecular weight excluding hydrogens is 306 g/mol. The van der Waals surface area contributed by atoms with Crippen LogP contribution in [0.3, 0.4) is 0 Å². The van der Waals surface area contributed by atoms with Crippen LogP contribution in [0.4, 0.5) is 5.69 Å². The molecule has 0 radical (unpaired) electrons. The van der Waals surface area contributed by atoms with Crippen LogP contribution in [-0.2, 0) is 9.53 Å². The maximum Gasteiger partial charge on any atom is 0.338 e. The van der Waals surface area contributed by atoms with Gasteiger partial charge in [0.15, 0.2) is 11.9 Å². The van der Waals surface area contributed by atoms with Gasteiger partial charge in [-0.3, -0.25) is 9.59 Å². The number of nitrogens with one attached hydrogen (secondary N) is 1. The van der Waals surface area contributed by atoms with Crippen LogP contribution in [0.1, 0.15) is 40.1 Å². The number of hydrogen-bond donors (Lipinski definition) is 1. The Hall–Kier alpha value is -2.95. The predicted octanol–water partition coefficient (Wildman–Crippen LogP) is 3.38. The summed E-state index contributed by atoms with van der Waals surface area (Å²) in [6, 6.07) is 13.4. The van der Waals surface area contributed by atoms with Gasteiger partial charge in [0.05, 0.1) is 5.56 Å². The third-order valence-corrected chi connectivity index (χ3v) is 3.50. The Morgan fingerprint density at radius 3 is 2.00 bits per heavy atom. The summed E-state index contributed by atoms with van der Waals surface area (Å²) in [7, 11) is 0. The van der Waals surface area contributed by atoms with E-state index in [0.29, 0.717) is 16.8 Å². The summed E-state index contributed by atoms with van der Waals surface area (Å²) >= 11 is 0. The van der Waals surface area contributed by atoms with Gasteiger partial charge in [0.25, 0.3) is 5.91 Å². The number of ketones is 1. The Kier molecular flexibility index (Phi) is 5.47. The van der Waals surface area contributed by atoms with E-state index < -0.39 is 18.0 Å². The van der Waals surface area contributed by atoms with E-state index in [2.05, 4.69) is 5.32 Å². The summed E-state index contributed by atoms with van der Waals surface area (Å²) < 4.78 is 5.17. The molecule has 2 rings (SSSR count). The molecule has 1 N–H and O–H groups in total. The minimum atomic E-state index is -0.939. The van der Waals surface area contributed by atoms with Gasteiger partial charge in [-0.15, -0.1) is 0 Å². The van der Waals surface area contributed by atoms with Crippen LogP contribution in [0.25, 0.3) is 0 Å². The molecule has 0 aliphatic rings. The lowest BCUT2D eigenvalue weighted by atomic mass is 10.1. The average Bonchev–Trinajstić information content (AvgIpc) is 2.55. The Balaban J connectivity index is 1.95. The zero-order chi connectivity index (χ0) is 17.7. The number of esters is 1. The first-order valence-electron chi connectivity index (χ1n) is 7.56. The maximum absolute atomic E-state index is 12.1. The van der Waals surface area contributed by atoms with Crippen molar-refractivity contribution in [2.45, 2.75) is 26.9 Å². The molecule has 0 aliphatic heterocycles. The highest BCUT2D eigenvalue weighted by Crippen LogP contribution is 2.12. The number of anilines is 1. The number of benzene rings is 2. The number of amides is 1. The molecule has 1 atom stereocenters. The van der Waals surface area contributed by atoms with E-state index in [9.17, 15) is 14.4 Å². The largest absolute Gasteiger partial charge is 0.449 e. The number of ether oxygens (including phenoxy) is 1. The fourth-order valence-corrected chi connectivity index (χ4v) is 2.00. The highest BCUT2D eigenvalue weighted by atomic mass is 16.5. The standard InChI is InChI=1S/C19H19NO4/c1-12-4-6-16(7-5-12)19(23)24-14(3)18(22)20-17-10-8-15(9-11-17)13(2)21/h4-11,14H,1-3H3,(H,20,22)/t14-/m0/s1. The molecule has 0 heterocycles. The van der Waals surface area contributed by atoms with E-state index in [1.165, 1.54) is 13.8 Å². The predicted molar refractivity (Wildman–Crippen MR) is 91.1 cm³/mol. The molecule has 0 saturated carbocycles. The lowest BCUT2D eigenvalue weighted by molar-refractivity contribution is -0.123. The molecule has 24 heavy (non-hydrogen) atoms. The van der Waals surface area contributed by atoms with Crippen molar-refractivity contribution >= 4 is 23.3 Å². The van der Waals surface area contributed by atoms with Gasteiger partial charge in [-0.1, -0.05) is 17.7 Å². The fraction of sp³-hybridized carbons (Fsp3) is 0.211. The summed E-state index contributed by atoms with van der Waals surface area (Å²) in [6.07, 6.45) is -0.939. The molecule has 124 valence electrons. The smallest absolute Gasteiger partial charge is 0.338 e. The van der Waals surface area contributed by atoms with Gasteiger partial charge in [0.2, 0.25) is 0 Å². The van der Waals surface area contributed by atoms with Crippen molar-refractivity contribution in [2.24, 2.45) is 0 Å². The molecule has 0 aromatic heterocycles. The van der Waals surface area contributed by atoms with Gasteiger partial charge < -0.3 is 10.1 Å². The van der Waals surface area contributed by atoms with Crippen LogP contribution in [0, 0.1) is 6.92 Å². The fourth-order valence-electron chi connectivity index (χ4n) is 2.00. The van der Waals surface area contributed by atoms with E-state index in [1.807, 2.05) is 6.92 Å². The molecule has 2 aromatic carbocycles. The average molecular weight is 325 g/mol. The summed E-state index contributed by atoms with van der Waals surface area (Å²) in [6.45, 7) is 4.90. The monoisotopic (exact) mass is 325 g/mol. The SMILES string of the molecule is CC(=O)c1ccc(NC(=O)[C@H](C)OC(=O)c2ccc(C)cc2)cc1. The minimum Gasteiger partial charge on any atom is -0.449 e. The van der Waals surface area contributed by atoms with Gasteiger partial charge >= 0.3 is 5.97 Å². The second kappa shape index (κ2) is 7.55. The molecule has 5 heteroatoms. The topological polar surface area (TPSA) is 72.5 Å². The molecule has 5 nitrogen and oxygen atoms in total. The van der Waals surface area contributed by atoms with E-state index in [1.54, 1.807) is 48.5 Å². The number of aryl methyl sites for hydroxylation is 1. The van der Waals surface area contributed by atoms with Crippen molar-refractivity contribution in [1.82, 2.24) is 0 Å². The first-order chi connectivity index (χ1) is 11.4. The van der Waals surface area contributed by atoms with Crippen molar-refractivity contribution in [3.8, 4) is 0 Å². The lowest BCUT2D eigenvalue weighted by Crippen LogP contribution is -2.30. The molecule has 0 fully saturated rings. The van der Waals surface area contributed by atoms with Gasteiger partial charge in [0.1, 0.15) is 0 Å². The zero-order valence-corrected chi connectivity index (χ0v) is 13.8. The molecule has 0 spiro atoms. The van der Waals surface area contributed by atoms with Crippen molar-refractivity contribution in [1.29, 1.82) is 0 Å².